The average Bonchev–Trinajstić information content (AvgIpc) is 2.72. The summed E-state index contributed by atoms with van der Waals surface area (Å²) in [6.07, 6.45) is -0.0968. The van der Waals surface area contributed by atoms with Crippen LogP contribution < -0.4 is 4.74 Å². The molecule has 1 aliphatic rings. The molecular weight excluding hydrogens is 472 g/mol. The van der Waals surface area contributed by atoms with E-state index >= 15 is 0 Å². The van der Waals surface area contributed by atoms with Crippen molar-refractivity contribution in [1.29, 1.82) is 0 Å². The maximum Gasteiger partial charge on any atom is 0.410 e. The molecule has 2 amide bonds. The number of amides is 2. The predicted molar refractivity (Wildman–Crippen MR) is 128 cm³/mol. The lowest BCUT2D eigenvalue weighted by molar-refractivity contribution is -0.134. The van der Waals surface area contributed by atoms with E-state index < -0.39 is 5.60 Å². The third-order valence-corrected chi connectivity index (χ3v) is 5.69. The first-order chi connectivity index (χ1) is 15.1. The van der Waals surface area contributed by atoms with Crippen molar-refractivity contribution in [3.8, 4) is 5.75 Å². The van der Waals surface area contributed by atoms with E-state index in [2.05, 4.69) is 15.9 Å². The molecule has 7 heteroatoms. The Labute approximate surface area is 198 Å². The van der Waals surface area contributed by atoms with E-state index in [1.54, 1.807) is 4.90 Å². The highest BCUT2D eigenvalue weighted by Crippen LogP contribution is 2.26. The summed E-state index contributed by atoms with van der Waals surface area (Å²) in [7, 11) is 0. The second kappa shape index (κ2) is 10.4. The van der Waals surface area contributed by atoms with E-state index in [0.717, 1.165) is 15.6 Å². The number of piperazine rings is 1. The maximum absolute atomic E-state index is 13.1. The van der Waals surface area contributed by atoms with Gasteiger partial charge in [-0.15, -0.1) is 0 Å². The lowest BCUT2D eigenvalue weighted by Crippen LogP contribution is -2.56. The number of nitrogens with zero attached hydrogens (tertiary/aromatic N) is 2. The number of rotatable bonds is 5. The summed E-state index contributed by atoms with van der Waals surface area (Å²) in [5.41, 5.74) is 1.37. The molecule has 0 bridgehead atoms. The number of ether oxygens (including phenoxy) is 2. The Balaban J connectivity index is 1.63. The molecule has 0 unspecified atom stereocenters. The standard InChI is InChI=1S/C25H31BrN2O4/c1-18-16-27(24(30)32-25(2,3)4)12-13-28(18)23(29)15-20-14-21(26)10-11-22(20)31-17-19-8-6-5-7-9-19/h5-11,14,18H,12-13,15-17H2,1-4H3/t18-/m0/s1. The number of halogens is 1. The molecule has 0 aliphatic carbocycles. The molecule has 1 aliphatic heterocycles. The minimum atomic E-state index is -0.538. The van der Waals surface area contributed by atoms with Crippen molar-refractivity contribution in [1.82, 2.24) is 9.80 Å². The maximum atomic E-state index is 13.1. The average molecular weight is 503 g/mol. The van der Waals surface area contributed by atoms with Gasteiger partial charge in [-0.25, -0.2) is 4.79 Å². The Kier molecular flexibility index (Phi) is 7.82. The first-order valence-corrected chi connectivity index (χ1v) is 11.6. The minimum Gasteiger partial charge on any atom is -0.489 e. The predicted octanol–water partition coefficient (Wildman–Crippen LogP) is 5.04. The lowest BCUT2D eigenvalue weighted by atomic mass is 10.1. The van der Waals surface area contributed by atoms with Crippen molar-refractivity contribution in [3.05, 3.63) is 64.1 Å². The van der Waals surface area contributed by atoms with Crippen LogP contribution in [0.3, 0.4) is 0 Å². The van der Waals surface area contributed by atoms with Crippen molar-refractivity contribution in [3.63, 3.8) is 0 Å². The van der Waals surface area contributed by atoms with E-state index in [4.69, 9.17) is 9.47 Å². The normalized spacial score (nSPS) is 16.6. The van der Waals surface area contributed by atoms with Gasteiger partial charge in [0, 0.05) is 35.7 Å². The van der Waals surface area contributed by atoms with Crippen molar-refractivity contribution in [2.75, 3.05) is 19.6 Å². The SMILES string of the molecule is C[C@H]1CN(C(=O)OC(C)(C)C)CCN1C(=O)Cc1cc(Br)ccc1OCc1ccccc1. The second-order valence-electron chi connectivity index (χ2n) is 9.07. The van der Waals surface area contributed by atoms with Crippen LogP contribution in [0.25, 0.3) is 0 Å². The van der Waals surface area contributed by atoms with Gasteiger partial charge in [-0.2, -0.15) is 0 Å². The van der Waals surface area contributed by atoms with Crippen LogP contribution >= 0.6 is 15.9 Å². The molecule has 0 aromatic heterocycles. The van der Waals surface area contributed by atoms with Gasteiger partial charge in [0.2, 0.25) is 5.91 Å². The molecule has 1 fully saturated rings. The molecule has 6 nitrogen and oxygen atoms in total. The van der Waals surface area contributed by atoms with Crippen LogP contribution in [0, 0.1) is 0 Å². The van der Waals surface area contributed by atoms with Gasteiger partial charge in [0.05, 0.1) is 6.42 Å². The van der Waals surface area contributed by atoms with Gasteiger partial charge in [-0.3, -0.25) is 4.79 Å². The summed E-state index contributed by atoms with van der Waals surface area (Å²) in [6, 6.07) is 15.6. The van der Waals surface area contributed by atoms with Gasteiger partial charge < -0.3 is 19.3 Å². The number of benzene rings is 2. The van der Waals surface area contributed by atoms with E-state index in [1.807, 2.05) is 81.1 Å². The van der Waals surface area contributed by atoms with Crippen LogP contribution in [0.1, 0.15) is 38.8 Å². The smallest absolute Gasteiger partial charge is 0.410 e. The number of carbonyl (C=O) groups excluding carboxylic acids is 2. The Morgan fingerprint density at radius 3 is 2.47 bits per heavy atom. The molecule has 0 N–H and O–H groups in total. The zero-order valence-electron chi connectivity index (χ0n) is 19.1. The van der Waals surface area contributed by atoms with Crippen LogP contribution in [-0.2, 0) is 22.6 Å². The molecule has 32 heavy (non-hydrogen) atoms. The summed E-state index contributed by atoms with van der Waals surface area (Å²) in [4.78, 5) is 29.0. The van der Waals surface area contributed by atoms with E-state index in [-0.39, 0.29) is 24.5 Å². The summed E-state index contributed by atoms with van der Waals surface area (Å²) in [5.74, 6) is 0.717. The molecule has 172 valence electrons. The topological polar surface area (TPSA) is 59.1 Å². The summed E-state index contributed by atoms with van der Waals surface area (Å²) < 4.78 is 12.4. The summed E-state index contributed by atoms with van der Waals surface area (Å²) >= 11 is 3.50. The molecule has 0 spiro atoms. The fourth-order valence-electron chi connectivity index (χ4n) is 3.65. The Hall–Kier alpha value is -2.54. The third-order valence-electron chi connectivity index (χ3n) is 5.20. The van der Waals surface area contributed by atoms with Crippen molar-refractivity contribution in [2.45, 2.75) is 52.4 Å². The second-order valence-corrected chi connectivity index (χ2v) is 9.98. The van der Waals surface area contributed by atoms with Gasteiger partial charge in [-0.05, 0) is 51.5 Å². The van der Waals surface area contributed by atoms with Crippen molar-refractivity contribution < 1.29 is 19.1 Å². The van der Waals surface area contributed by atoms with Gasteiger partial charge >= 0.3 is 6.09 Å². The molecular formula is C25H31BrN2O4. The molecule has 2 aromatic rings. The molecule has 1 atom stereocenters. The fourth-order valence-corrected chi connectivity index (χ4v) is 4.06. The molecule has 0 radical (unpaired) electrons. The highest BCUT2D eigenvalue weighted by molar-refractivity contribution is 9.10. The van der Waals surface area contributed by atoms with Crippen LogP contribution in [0.15, 0.2) is 53.0 Å². The Morgan fingerprint density at radius 1 is 1.09 bits per heavy atom. The monoisotopic (exact) mass is 502 g/mol. The fraction of sp³-hybridized carbons (Fsp3) is 0.440. The van der Waals surface area contributed by atoms with Gasteiger partial charge in [-0.1, -0.05) is 46.3 Å². The van der Waals surface area contributed by atoms with E-state index in [1.165, 1.54) is 0 Å². The first kappa shape index (κ1) is 24.1. The van der Waals surface area contributed by atoms with Crippen LogP contribution in [-0.4, -0.2) is 53.1 Å². The van der Waals surface area contributed by atoms with Crippen LogP contribution in [0.5, 0.6) is 5.75 Å². The Morgan fingerprint density at radius 2 is 1.81 bits per heavy atom. The molecule has 0 saturated carbocycles. The Bertz CT molecular complexity index is 943. The zero-order valence-corrected chi connectivity index (χ0v) is 20.7. The first-order valence-electron chi connectivity index (χ1n) is 10.8. The van der Waals surface area contributed by atoms with E-state index in [0.29, 0.717) is 32.0 Å². The number of hydrogen-bond donors (Lipinski definition) is 0. The van der Waals surface area contributed by atoms with Gasteiger partial charge in [0.1, 0.15) is 18.0 Å². The highest BCUT2D eigenvalue weighted by atomic mass is 79.9. The van der Waals surface area contributed by atoms with E-state index in [9.17, 15) is 9.59 Å². The van der Waals surface area contributed by atoms with Gasteiger partial charge in [0.25, 0.3) is 0 Å². The highest BCUT2D eigenvalue weighted by Gasteiger charge is 2.32. The molecule has 2 aromatic carbocycles. The molecule has 1 heterocycles. The molecule has 1 saturated heterocycles. The van der Waals surface area contributed by atoms with Crippen LogP contribution in [0.4, 0.5) is 4.79 Å². The number of hydrogen-bond acceptors (Lipinski definition) is 4. The quantitative estimate of drug-likeness (QED) is 0.574. The molecule has 3 rings (SSSR count). The third kappa shape index (κ3) is 6.73. The number of carbonyl (C=O) groups is 2. The van der Waals surface area contributed by atoms with Crippen LogP contribution in [0.2, 0.25) is 0 Å². The summed E-state index contributed by atoms with van der Waals surface area (Å²) in [5, 5.41) is 0. The van der Waals surface area contributed by atoms with Gasteiger partial charge in [0.15, 0.2) is 0 Å². The minimum absolute atomic E-state index is 0.0176. The largest absolute Gasteiger partial charge is 0.489 e. The lowest BCUT2D eigenvalue weighted by Gasteiger charge is -2.40. The summed E-state index contributed by atoms with van der Waals surface area (Å²) in [6.45, 7) is 9.35. The zero-order chi connectivity index (χ0) is 23.3. The van der Waals surface area contributed by atoms with Crippen molar-refractivity contribution in [2.24, 2.45) is 0 Å². The van der Waals surface area contributed by atoms with Crippen molar-refractivity contribution >= 4 is 27.9 Å².